The molecule has 1 N–H and O–H groups in total. The fourth-order valence-electron chi connectivity index (χ4n) is 2.54. The molecule has 1 aliphatic rings. The molecule has 2 heteroatoms. The first-order chi connectivity index (χ1) is 8.35. The number of nitriles is 1. The zero-order valence-corrected chi connectivity index (χ0v) is 10.5. The Morgan fingerprint density at radius 1 is 1.35 bits per heavy atom. The topological polar surface area (TPSA) is 35.8 Å². The Bertz CT molecular complexity index is 417. The lowest BCUT2D eigenvalue weighted by Crippen LogP contribution is -2.19. The molecule has 0 heterocycles. The Morgan fingerprint density at radius 2 is 2.18 bits per heavy atom. The van der Waals surface area contributed by atoms with Crippen LogP contribution in [0, 0.1) is 11.3 Å². The number of benzene rings is 1. The van der Waals surface area contributed by atoms with E-state index in [4.69, 9.17) is 5.26 Å². The van der Waals surface area contributed by atoms with Crippen molar-refractivity contribution in [3.63, 3.8) is 0 Å². The predicted octanol–water partition coefficient (Wildman–Crippen LogP) is 3.67. The summed E-state index contributed by atoms with van der Waals surface area (Å²) in [7, 11) is 0. The molecule has 0 radical (unpaired) electrons. The van der Waals surface area contributed by atoms with Gasteiger partial charge in [0.15, 0.2) is 0 Å². The van der Waals surface area contributed by atoms with Crippen LogP contribution in [0.15, 0.2) is 18.2 Å². The molecule has 0 saturated heterocycles. The van der Waals surface area contributed by atoms with Crippen LogP contribution in [0.4, 0.5) is 5.69 Å². The molecule has 0 bridgehead atoms. The maximum atomic E-state index is 8.79. The van der Waals surface area contributed by atoms with E-state index in [1.165, 1.54) is 42.5 Å². The molecule has 1 aromatic rings. The second-order valence-corrected chi connectivity index (χ2v) is 4.76. The van der Waals surface area contributed by atoms with Gasteiger partial charge in [0.25, 0.3) is 0 Å². The zero-order valence-electron chi connectivity index (χ0n) is 10.5. The van der Waals surface area contributed by atoms with E-state index in [1.54, 1.807) is 0 Å². The molecule has 0 aromatic heterocycles. The van der Waals surface area contributed by atoms with Gasteiger partial charge < -0.3 is 5.32 Å². The van der Waals surface area contributed by atoms with Gasteiger partial charge in [-0.15, -0.1) is 0 Å². The minimum Gasteiger partial charge on any atom is -0.381 e. The van der Waals surface area contributed by atoms with Gasteiger partial charge in [-0.1, -0.05) is 19.1 Å². The normalized spacial score (nSPS) is 15.8. The Morgan fingerprint density at radius 3 is 2.94 bits per heavy atom. The molecule has 1 atom stereocenters. The maximum absolute atomic E-state index is 8.79. The number of aryl methyl sites for hydroxylation is 1. The van der Waals surface area contributed by atoms with Crippen LogP contribution in [-0.2, 0) is 12.8 Å². The molecular formula is C15H20N2. The third kappa shape index (κ3) is 2.79. The summed E-state index contributed by atoms with van der Waals surface area (Å²) in [5.41, 5.74) is 4.23. The van der Waals surface area contributed by atoms with E-state index >= 15 is 0 Å². The van der Waals surface area contributed by atoms with Crippen molar-refractivity contribution in [2.75, 3.05) is 5.32 Å². The molecule has 0 aliphatic heterocycles. The van der Waals surface area contributed by atoms with Crippen LogP contribution >= 0.6 is 0 Å². The van der Waals surface area contributed by atoms with Crippen molar-refractivity contribution in [2.45, 2.75) is 51.5 Å². The van der Waals surface area contributed by atoms with Gasteiger partial charge in [-0.25, -0.2) is 0 Å². The van der Waals surface area contributed by atoms with Crippen molar-refractivity contribution >= 4 is 5.69 Å². The van der Waals surface area contributed by atoms with E-state index in [0.717, 1.165) is 6.42 Å². The quantitative estimate of drug-likeness (QED) is 0.853. The van der Waals surface area contributed by atoms with Crippen LogP contribution in [0.1, 0.15) is 43.7 Å². The molecule has 0 spiro atoms. The van der Waals surface area contributed by atoms with E-state index < -0.39 is 0 Å². The fraction of sp³-hybridized carbons (Fsp3) is 0.533. The second kappa shape index (κ2) is 5.72. The molecule has 1 unspecified atom stereocenters. The highest BCUT2D eigenvalue weighted by molar-refractivity contribution is 5.56. The Balaban J connectivity index is 2.18. The molecule has 90 valence electrons. The Kier molecular flexibility index (Phi) is 4.03. The van der Waals surface area contributed by atoms with E-state index in [9.17, 15) is 0 Å². The van der Waals surface area contributed by atoms with Crippen molar-refractivity contribution in [1.82, 2.24) is 0 Å². The molecular weight excluding hydrogens is 208 g/mol. The Labute approximate surface area is 104 Å². The van der Waals surface area contributed by atoms with Gasteiger partial charge in [0.1, 0.15) is 0 Å². The Hall–Kier alpha value is -1.49. The molecule has 17 heavy (non-hydrogen) atoms. The number of rotatable bonds is 4. The first kappa shape index (κ1) is 12.0. The number of fused-ring (bicyclic) bond motifs is 1. The average molecular weight is 228 g/mol. The number of hydrogen-bond donors (Lipinski definition) is 1. The first-order valence-electron chi connectivity index (χ1n) is 6.59. The molecule has 0 saturated carbocycles. The van der Waals surface area contributed by atoms with Gasteiger partial charge in [-0.3, -0.25) is 0 Å². The fourth-order valence-corrected chi connectivity index (χ4v) is 2.54. The highest BCUT2D eigenvalue weighted by atomic mass is 14.9. The van der Waals surface area contributed by atoms with Gasteiger partial charge in [-0.05, 0) is 49.3 Å². The predicted molar refractivity (Wildman–Crippen MR) is 71.0 cm³/mol. The second-order valence-electron chi connectivity index (χ2n) is 4.76. The maximum Gasteiger partial charge on any atom is 0.0643 e. The molecule has 0 amide bonds. The van der Waals surface area contributed by atoms with Gasteiger partial charge in [0.05, 0.1) is 12.5 Å². The summed E-state index contributed by atoms with van der Waals surface area (Å²) in [5, 5.41) is 12.3. The van der Waals surface area contributed by atoms with Gasteiger partial charge in [-0.2, -0.15) is 5.26 Å². The first-order valence-corrected chi connectivity index (χ1v) is 6.59. The minimum atomic E-state index is 0.286. The number of nitrogens with one attached hydrogen (secondary N) is 1. The standard InChI is InChI=1S/C15H20N2/c1-2-13(10-11-16)17-15-9-5-7-12-6-3-4-8-14(12)15/h5,7,9,13,17H,2-4,6,8,10H2,1H3. The van der Waals surface area contributed by atoms with Crippen LogP contribution in [0.5, 0.6) is 0 Å². The van der Waals surface area contributed by atoms with Crippen LogP contribution in [0.2, 0.25) is 0 Å². The summed E-state index contributed by atoms with van der Waals surface area (Å²) >= 11 is 0. The highest BCUT2D eigenvalue weighted by Gasteiger charge is 2.14. The third-order valence-electron chi connectivity index (χ3n) is 3.59. The highest BCUT2D eigenvalue weighted by Crippen LogP contribution is 2.28. The van der Waals surface area contributed by atoms with E-state index in [2.05, 4.69) is 36.5 Å². The van der Waals surface area contributed by atoms with Crippen LogP contribution < -0.4 is 5.32 Å². The summed E-state index contributed by atoms with van der Waals surface area (Å²) in [5.74, 6) is 0. The monoisotopic (exact) mass is 228 g/mol. The average Bonchev–Trinajstić information content (AvgIpc) is 2.38. The van der Waals surface area contributed by atoms with Crippen molar-refractivity contribution < 1.29 is 0 Å². The van der Waals surface area contributed by atoms with Crippen LogP contribution in [0.25, 0.3) is 0 Å². The van der Waals surface area contributed by atoms with Crippen molar-refractivity contribution in [1.29, 1.82) is 5.26 Å². The van der Waals surface area contributed by atoms with E-state index in [-0.39, 0.29) is 6.04 Å². The zero-order chi connectivity index (χ0) is 12.1. The van der Waals surface area contributed by atoms with Crippen molar-refractivity contribution in [3.8, 4) is 6.07 Å². The molecule has 2 rings (SSSR count). The van der Waals surface area contributed by atoms with Gasteiger partial charge in [0, 0.05) is 11.7 Å². The third-order valence-corrected chi connectivity index (χ3v) is 3.59. The lowest BCUT2D eigenvalue weighted by Gasteiger charge is -2.23. The molecule has 1 aliphatic carbocycles. The molecule has 0 fully saturated rings. The minimum absolute atomic E-state index is 0.286. The van der Waals surface area contributed by atoms with E-state index in [1.807, 2.05) is 0 Å². The van der Waals surface area contributed by atoms with Crippen molar-refractivity contribution in [3.05, 3.63) is 29.3 Å². The SMILES string of the molecule is CCC(CC#N)Nc1cccc2c1CCCC2. The summed E-state index contributed by atoms with van der Waals surface area (Å²) in [6.07, 6.45) is 6.57. The number of hydrogen-bond acceptors (Lipinski definition) is 2. The summed E-state index contributed by atoms with van der Waals surface area (Å²) in [6.45, 7) is 2.13. The summed E-state index contributed by atoms with van der Waals surface area (Å²) in [6, 6.07) is 9.07. The smallest absolute Gasteiger partial charge is 0.0643 e. The lowest BCUT2D eigenvalue weighted by atomic mass is 9.90. The summed E-state index contributed by atoms with van der Waals surface area (Å²) in [4.78, 5) is 0. The largest absolute Gasteiger partial charge is 0.381 e. The summed E-state index contributed by atoms with van der Waals surface area (Å²) < 4.78 is 0. The van der Waals surface area contributed by atoms with Crippen LogP contribution in [0.3, 0.4) is 0 Å². The van der Waals surface area contributed by atoms with Crippen molar-refractivity contribution in [2.24, 2.45) is 0 Å². The van der Waals surface area contributed by atoms with Gasteiger partial charge >= 0.3 is 0 Å². The molecule has 1 aromatic carbocycles. The van der Waals surface area contributed by atoms with E-state index in [0.29, 0.717) is 6.42 Å². The van der Waals surface area contributed by atoms with Gasteiger partial charge in [0.2, 0.25) is 0 Å². The molecule has 2 nitrogen and oxygen atoms in total. The van der Waals surface area contributed by atoms with Crippen LogP contribution in [-0.4, -0.2) is 6.04 Å². The lowest BCUT2D eigenvalue weighted by molar-refractivity contribution is 0.676. The number of nitrogens with zero attached hydrogens (tertiary/aromatic N) is 1. The number of anilines is 1.